The van der Waals surface area contributed by atoms with Crippen LogP contribution < -0.4 is 0 Å². The van der Waals surface area contributed by atoms with Gasteiger partial charge in [-0.1, -0.05) is 48.1 Å². The molecule has 0 saturated heterocycles. The van der Waals surface area contributed by atoms with Gasteiger partial charge in [0.25, 0.3) is 0 Å². The number of fused-ring (bicyclic) bond motifs is 2. The molecule has 2 nitrogen and oxygen atoms in total. The van der Waals surface area contributed by atoms with Crippen LogP contribution >= 0.6 is 0 Å². The van der Waals surface area contributed by atoms with Crippen LogP contribution in [0.25, 0.3) is 0 Å². The molecule has 3 aliphatic carbocycles. The SMILES string of the molecule is O=C1CCC2CC=CC=C2C1.O=C1CCCc2ccccc21. The van der Waals surface area contributed by atoms with Gasteiger partial charge in [0.2, 0.25) is 0 Å². The van der Waals surface area contributed by atoms with Crippen LogP contribution in [-0.4, -0.2) is 11.6 Å². The van der Waals surface area contributed by atoms with Gasteiger partial charge < -0.3 is 0 Å². The van der Waals surface area contributed by atoms with Gasteiger partial charge in [-0.25, -0.2) is 0 Å². The highest BCUT2D eigenvalue weighted by atomic mass is 16.1. The Morgan fingerprint density at radius 2 is 1.86 bits per heavy atom. The predicted molar refractivity (Wildman–Crippen MR) is 87.9 cm³/mol. The third kappa shape index (κ3) is 3.44. The highest BCUT2D eigenvalue weighted by Crippen LogP contribution is 2.32. The summed E-state index contributed by atoms with van der Waals surface area (Å²) in [5.74, 6) is 1.42. The van der Waals surface area contributed by atoms with Crippen LogP contribution in [0.5, 0.6) is 0 Å². The Morgan fingerprint density at radius 3 is 2.73 bits per heavy atom. The molecule has 1 saturated carbocycles. The van der Waals surface area contributed by atoms with Gasteiger partial charge in [-0.3, -0.25) is 9.59 Å². The van der Waals surface area contributed by atoms with E-state index in [2.05, 4.69) is 18.2 Å². The first-order valence-corrected chi connectivity index (χ1v) is 8.22. The van der Waals surface area contributed by atoms with E-state index in [1.807, 2.05) is 24.3 Å². The molecule has 114 valence electrons. The monoisotopic (exact) mass is 294 g/mol. The molecular weight excluding hydrogens is 272 g/mol. The van der Waals surface area contributed by atoms with E-state index in [-0.39, 0.29) is 0 Å². The van der Waals surface area contributed by atoms with E-state index in [4.69, 9.17) is 0 Å². The Kier molecular flexibility index (Phi) is 4.67. The second-order valence-electron chi connectivity index (χ2n) is 6.29. The molecule has 0 N–H and O–H groups in total. The van der Waals surface area contributed by atoms with E-state index < -0.39 is 0 Å². The molecule has 4 rings (SSSR count). The standard InChI is InChI=1S/C10H10O.C10H12O/c11-10-7-3-5-8-4-1-2-6-9(8)10;11-10-6-5-8-3-1-2-4-9(8)7-10/h1-2,4,6H,3,5,7H2;1-2,4,8H,3,5-7H2. The number of Topliss-reactive ketones (excluding diaryl/α,β-unsaturated/α-hetero) is 2. The first kappa shape index (κ1) is 15.0. The number of carbonyl (C=O) groups excluding carboxylic acids is 2. The van der Waals surface area contributed by atoms with Crippen molar-refractivity contribution < 1.29 is 9.59 Å². The summed E-state index contributed by atoms with van der Waals surface area (Å²) in [5, 5.41) is 0. The van der Waals surface area contributed by atoms with Crippen LogP contribution in [0.2, 0.25) is 0 Å². The van der Waals surface area contributed by atoms with Crippen molar-refractivity contribution in [3.8, 4) is 0 Å². The second-order valence-corrected chi connectivity index (χ2v) is 6.29. The average Bonchev–Trinajstić information content (AvgIpc) is 2.56. The summed E-state index contributed by atoms with van der Waals surface area (Å²) in [6.45, 7) is 0. The predicted octanol–water partition coefficient (Wildman–Crippen LogP) is 4.45. The minimum Gasteiger partial charge on any atom is -0.299 e. The van der Waals surface area contributed by atoms with E-state index in [1.54, 1.807) is 0 Å². The Morgan fingerprint density at radius 1 is 1.00 bits per heavy atom. The quantitative estimate of drug-likeness (QED) is 0.708. The molecular formula is C20H22O2. The summed E-state index contributed by atoms with van der Waals surface area (Å²) < 4.78 is 0. The molecule has 0 aromatic heterocycles. The molecule has 3 aliphatic rings. The highest BCUT2D eigenvalue weighted by molar-refractivity contribution is 5.98. The van der Waals surface area contributed by atoms with Crippen molar-refractivity contribution in [1.29, 1.82) is 0 Å². The van der Waals surface area contributed by atoms with Crippen molar-refractivity contribution in [2.75, 3.05) is 0 Å². The van der Waals surface area contributed by atoms with Crippen molar-refractivity contribution in [2.45, 2.75) is 44.9 Å². The average molecular weight is 294 g/mol. The van der Waals surface area contributed by atoms with Crippen LogP contribution in [0.4, 0.5) is 0 Å². The Bertz CT molecular complexity index is 637. The summed E-state index contributed by atoms with van der Waals surface area (Å²) in [4.78, 5) is 22.3. The normalized spacial score (nSPS) is 22.9. The molecule has 1 aromatic carbocycles. The molecule has 0 bridgehead atoms. The number of hydrogen-bond acceptors (Lipinski definition) is 2. The minimum absolute atomic E-state index is 0.312. The topological polar surface area (TPSA) is 34.1 Å². The van der Waals surface area contributed by atoms with E-state index in [0.717, 1.165) is 50.5 Å². The molecule has 0 spiro atoms. The van der Waals surface area contributed by atoms with Crippen molar-refractivity contribution >= 4 is 11.6 Å². The van der Waals surface area contributed by atoms with Gasteiger partial charge in [-0.15, -0.1) is 0 Å². The molecule has 0 amide bonds. The molecule has 2 heteroatoms. The zero-order chi connectivity index (χ0) is 15.4. The fraction of sp³-hybridized carbons (Fsp3) is 0.400. The molecule has 0 aliphatic heterocycles. The van der Waals surface area contributed by atoms with Crippen LogP contribution in [0.3, 0.4) is 0 Å². The fourth-order valence-electron chi connectivity index (χ4n) is 3.46. The molecule has 0 heterocycles. The van der Waals surface area contributed by atoms with E-state index >= 15 is 0 Å². The summed E-state index contributed by atoms with van der Waals surface area (Å²) in [6.07, 6.45) is 13.0. The van der Waals surface area contributed by atoms with E-state index in [9.17, 15) is 9.59 Å². The number of hydrogen-bond donors (Lipinski definition) is 0. The number of aryl methyl sites for hydroxylation is 1. The molecule has 0 radical (unpaired) electrons. The largest absolute Gasteiger partial charge is 0.299 e. The van der Waals surface area contributed by atoms with Crippen molar-refractivity contribution in [3.63, 3.8) is 0 Å². The third-order valence-electron chi connectivity index (χ3n) is 4.73. The van der Waals surface area contributed by atoms with Gasteiger partial charge in [-0.2, -0.15) is 0 Å². The third-order valence-corrected chi connectivity index (χ3v) is 4.73. The number of benzene rings is 1. The lowest BCUT2D eigenvalue weighted by Gasteiger charge is -2.25. The Balaban J connectivity index is 0.000000131. The summed E-state index contributed by atoms with van der Waals surface area (Å²) in [6, 6.07) is 7.91. The lowest BCUT2D eigenvalue weighted by atomic mass is 9.79. The van der Waals surface area contributed by atoms with Gasteiger partial charge in [0.05, 0.1) is 0 Å². The Hall–Kier alpha value is -1.96. The summed E-state index contributed by atoms with van der Waals surface area (Å²) in [7, 11) is 0. The van der Waals surface area contributed by atoms with Crippen LogP contribution in [0.15, 0.2) is 48.1 Å². The zero-order valence-corrected chi connectivity index (χ0v) is 12.9. The highest BCUT2D eigenvalue weighted by Gasteiger charge is 2.23. The van der Waals surface area contributed by atoms with Crippen molar-refractivity contribution in [3.05, 3.63) is 59.2 Å². The number of carbonyl (C=O) groups is 2. The van der Waals surface area contributed by atoms with Gasteiger partial charge >= 0.3 is 0 Å². The van der Waals surface area contributed by atoms with Crippen molar-refractivity contribution in [2.24, 2.45) is 5.92 Å². The molecule has 1 aromatic rings. The lowest BCUT2D eigenvalue weighted by molar-refractivity contribution is -0.119. The minimum atomic E-state index is 0.312. The molecule has 1 atom stereocenters. The van der Waals surface area contributed by atoms with E-state index in [1.165, 1.54) is 11.1 Å². The molecule has 1 unspecified atom stereocenters. The number of ketones is 2. The van der Waals surface area contributed by atoms with Gasteiger partial charge in [0.15, 0.2) is 5.78 Å². The smallest absolute Gasteiger partial charge is 0.163 e. The van der Waals surface area contributed by atoms with Gasteiger partial charge in [-0.05, 0) is 37.2 Å². The molecule has 1 fully saturated rings. The van der Waals surface area contributed by atoms with Crippen LogP contribution in [0.1, 0.15) is 54.4 Å². The first-order valence-electron chi connectivity index (χ1n) is 8.22. The maximum Gasteiger partial charge on any atom is 0.163 e. The van der Waals surface area contributed by atoms with E-state index in [0.29, 0.717) is 17.5 Å². The maximum atomic E-state index is 11.3. The van der Waals surface area contributed by atoms with Crippen molar-refractivity contribution in [1.82, 2.24) is 0 Å². The zero-order valence-electron chi connectivity index (χ0n) is 12.9. The summed E-state index contributed by atoms with van der Waals surface area (Å²) >= 11 is 0. The van der Waals surface area contributed by atoms with Crippen LogP contribution in [0, 0.1) is 5.92 Å². The lowest BCUT2D eigenvalue weighted by Crippen LogP contribution is -2.17. The fourth-order valence-corrected chi connectivity index (χ4v) is 3.46. The first-order chi connectivity index (χ1) is 10.7. The second kappa shape index (κ2) is 6.87. The summed E-state index contributed by atoms with van der Waals surface area (Å²) in [5.41, 5.74) is 3.53. The molecule has 22 heavy (non-hydrogen) atoms. The van der Waals surface area contributed by atoms with Gasteiger partial charge in [0, 0.05) is 24.8 Å². The maximum absolute atomic E-state index is 11.3. The Labute approximate surface area is 131 Å². The number of allylic oxidation sites excluding steroid dienone is 4. The van der Waals surface area contributed by atoms with Crippen LogP contribution in [-0.2, 0) is 11.2 Å². The number of rotatable bonds is 0. The van der Waals surface area contributed by atoms with Gasteiger partial charge in [0.1, 0.15) is 5.78 Å².